The minimum atomic E-state index is -3.37. The maximum atomic E-state index is 12.6. The smallest absolute Gasteiger partial charge is 0.181 e. The van der Waals surface area contributed by atoms with Crippen molar-refractivity contribution in [2.75, 3.05) is 12.5 Å². The quantitative estimate of drug-likeness (QED) is 0.783. The van der Waals surface area contributed by atoms with Gasteiger partial charge in [0.2, 0.25) is 0 Å². The van der Waals surface area contributed by atoms with Gasteiger partial charge < -0.3 is 9.47 Å². The van der Waals surface area contributed by atoms with Crippen LogP contribution in [0.25, 0.3) is 0 Å². The van der Waals surface area contributed by atoms with Crippen LogP contribution in [0.1, 0.15) is 19.8 Å². The molecule has 112 valence electrons. The molecular formula is C14H19ClO4S. The molecule has 1 aromatic carbocycles. The first-order valence-electron chi connectivity index (χ1n) is 6.70. The van der Waals surface area contributed by atoms with E-state index in [0.29, 0.717) is 24.3 Å². The number of rotatable bonds is 5. The highest BCUT2D eigenvalue weighted by atomic mass is 35.5. The molecule has 0 unspecified atom stereocenters. The lowest BCUT2D eigenvalue weighted by Crippen LogP contribution is -2.41. The van der Waals surface area contributed by atoms with E-state index in [-0.39, 0.29) is 12.0 Å². The summed E-state index contributed by atoms with van der Waals surface area (Å²) in [6, 6.07) is 8.50. The molecule has 1 aliphatic heterocycles. The third kappa shape index (κ3) is 3.52. The average Bonchev–Trinajstić information content (AvgIpc) is 2.48. The van der Waals surface area contributed by atoms with Crippen molar-refractivity contribution < 1.29 is 17.9 Å². The Bertz CT molecular complexity index is 517. The summed E-state index contributed by atoms with van der Waals surface area (Å²) in [5.41, 5.74) is 0. The number of hydrogen-bond acceptors (Lipinski definition) is 4. The van der Waals surface area contributed by atoms with Crippen LogP contribution in [0.5, 0.6) is 0 Å². The number of ether oxygens (including phenoxy) is 2. The normalized spacial score (nSPS) is 27.4. The summed E-state index contributed by atoms with van der Waals surface area (Å²) in [7, 11) is -3.37. The van der Waals surface area contributed by atoms with Crippen molar-refractivity contribution in [3.05, 3.63) is 30.3 Å². The molecule has 1 heterocycles. The van der Waals surface area contributed by atoms with Crippen LogP contribution in [0.3, 0.4) is 0 Å². The zero-order valence-corrected chi connectivity index (χ0v) is 12.9. The molecule has 20 heavy (non-hydrogen) atoms. The van der Waals surface area contributed by atoms with Crippen LogP contribution in [0.15, 0.2) is 35.2 Å². The van der Waals surface area contributed by atoms with Crippen LogP contribution in [0, 0.1) is 0 Å². The van der Waals surface area contributed by atoms with Gasteiger partial charge in [-0.25, -0.2) is 8.42 Å². The Hall–Kier alpha value is -0.620. The van der Waals surface area contributed by atoms with Gasteiger partial charge in [-0.15, -0.1) is 11.6 Å². The summed E-state index contributed by atoms with van der Waals surface area (Å²) in [6.07, 6.45) is -0.0330. The molecule has 1 saturated heterocycles. The number of benzene rings is 1. The van der Waals surface area contributed by atoms with Gasteiger partial charge in [-0.05, 0) is 25.5 Å². The highest BCUT2D eigenvalue weighted by Crippen LogP contribution is 2.30. The van der Waals surface area contributed by atoms with Gasteiger partial charge in [-0.1, -0.05) is 18.2 Å². The summed E-state index contributed by atoms with van der Waals surface area (Å²) in [5.74, 6) is 0.268. The van der Waals surface area contributed by atoms with Crippen molar-refractivity contribution >= 4 is 21.4 Å². The first-order chi connectivity index (χ1) is 9.57. The minimum Gasteiger partial charge on any atom is -0.353 e. The second-order valence-electron chi connectivity index (χ2n) is 4.75. The fraction of sp³-hybridized carbons (Fsp3) is 0.571. The summed E-state index contributed by atoms with van der Waals surface area (Å²) >= 11 is 5.83. The summed E-state index contributed by atoms with van der Waals surface area (Å²) in [5, 5.41) is -0.515. The van der Waals surface area contributed by atoms with Gasteiger partial charge in [0.25, 0.3) is 0 Å². The van der Waals surface area contributed by atoms with E-state index in [1.807, 2.05) is 6.92 Å². The van der Waals surface area contributed by atoms with Crippen LogP contribution in [0.4, 0.5) is 0 Å². The Morgan fingerprint density at radius 1 is 1.30 bits per heavy atom. The zero-order chi connectivity index (χ0) is 14.6. The van der Waals surface area contributed by atoms with E-state index >= 15 is 0 Å². The summed E-state index contributed by atoms with van der Waals surface area (Å²) in [6.45, 7) is 2.34. The van der Waals surface area contributed by atoms with Gasteiger partial charge in [0, 0.05) is 18.9 Å². The first-order valence-corrected chi connectivity index (χ1v) is 8.78. The Morgan fingerprint density at radius 2 is 2.00 bits per heavy atom. The summed E-state index contributed by atoms with van der Waals surface area (Å²) in [4.78, 5) is 0.343. The van der Waals surface area contributed by atoms with Crippen molar-refractivity contribution in [1.29, 1.82) is 0 Å². The molecule has 0 spiro atoms. The fourth-order valence-electron chi connectivity index (χ4n) is 2.38. The molecule has 1 aromatic rings. The Balaban J connectivity index is 2.21. The van der Waals surface area contributed by atoms with Crippen LogP contribution in [0.2, 0.25) is 0 Å². The van der Waals surface area contributed by atoms with Crippen LogP contribution in [-0.2, 0) is 19.3 Å². The SMILES string of the molecule is CCO[C@@H]1C[C@@H](S(=O)(=O)c2ccccc2)C[C@@H](CCl)O1. The third-order valence-electron chi connectivity index (χ3n) is 3.36. The molecule has 4 nitrogen and oxygen atoms in total. The highest BCUT2D eigenvalue weighted by molar-refractivity contribution is 7.92. The summed E-state index contributed by atoms with van der Waals surface area (Å²) < 4.78 is 36.3. The lowest BCUT2D eigenvalue weighted by molar-refractivity contribution is -0.184. The van der Waals surface area contributed by atoms with E-state index in [2.05, 4.69) is 0 Å². The van der Waals surface area contributed by atoms with Crippen LogP contribution >= 0.6 is 11.6 Å². The van der Waals surface area contributed by atoms with Crippen molar-refractivity contribution in [3.63, 3.8) is 0 Å². The predicted molar refractivity (Wildman–Crippen MR) is 77.7 cm³/mol. The Morgan fingerprint density at radius 3 is 2.60 bits per heavy atom. The minimum absolute atomic E-state index is 0.268. The van der Waals surface area contributed by atoms with Crippen molar-refractivity contribution in [2.45, 2.75) is 42.3 Å². The lowest BCUT2D eigenvalue weighted by atomic mass is 10.1. The van der Waals surface area contributed by atoms with Gasteiger partial charge in [0.1, 0.15) is 0 Å². The fourth-order valence-corrected chi connectivity index (χ4v) is 4.38. The largest absolute Gasteiger partial charge is 0.353 e. The van der Waals surface area contributed by atoms with E-state index in [9.17, 15) is 8.42 Å². The highest BCUT2D eigenvalue weighted by Gasteiger charge is 2.37. The zero-order valence-electron chi connectivity index (χ0n) is 11.4. The first kappa shape index (κ1) is 15.8. The van der Waals surface area contributed by atoms with Crippen molar-refractivity contribution in [1.82, 2.24) is 0 Å². The standard InChI is InChI=1S/C14H19ClO4S/c1-2-18-14-9-13(8-11(10-15)19-14)20(16,17)12-6-4-3-5-7-12/h3-7,11,13-14H,2,8-10H2,1H3/t11-,13-,14-/m0/s1. The molecule has 0 radical (unpaired) electrons. The second-order valence-corrected chi connectivity index (χ2v) is 7.29. The second kappa shape index (κ2) is 6.89. The maximum Gasteiger partial charge on any atom is 0.181 e. The van der Waals surface area contributed by atoms with Gasteiger partial charge in [-0.2, -0.15) is 0 Å². The molecule has 6 heteroatoms. The van der Waals surface area contributed by atoms with Crippen molar-refractivity contribution in [2.24, 2.45) is 0 Å². The monoisotopic (exact) mass is 318 g/mol. The molecule has 0 aliphatic carbocycles. The Labute approximate surface area is 125 Å². The predicted octanol–water partition coefficient (Wildman–Crippen LogP) is 2.61. The molecule has 0 saturated carbocycles. The molecule has 0 bridgehead atoms. The molecule has 3 atom stereocenters. The molecule has 1 aliphatic rings. The maximum absolute atomic E-state index is 12.6. The lowest BCUT2D eigenvalue weighted by Gasteiger charge is -2.33. The van der Waals surface area contributed by atoms with Gasteiger partial charge in [-0.3, -0.25) is 0 Å². The molecule has 0 N–H and O–H groups in total. The van der Waals surface area contributed by atoms with E-state index in [4.69, 9.17) is 21.1 Å². The topological polar surface area (TPSA) is 52.6 Å². The van der Waals surface area contributed by atoms with Gasteiger partial charge >= 0.3 is 0 Å². The van der Waals surface area contributed by atoms with Crippen LogP contribution in [-0.4, -0.2) is 38.5 Å². The molecular weight excluding hydrogens is 300 g/mol. The molecule has 2 rings (SSSR count). The number of alkyl halides is 1. The number of hydrogen-bond donors (Lipinski definition) is 0. The van der Waals surface area contributed by atoms with Gasteiger partial charge in [0.05, 0.1) is 16.2 Å². The molecule has 1 fully saturated rings. The van der Waals surface area contributed by atoms with Crippen molar-refractivity contribution in [3.8, 4) is 0 Å². The van der Waals surface area contributed by atoms with E-state index in [0.717, 1.165) is 0 Å². The third-order valence-corrected chi connectivity index (χ3v) is 5.90. The van der Waals surface area contributed by atoms with Gasteiger partial charge in [0.15, 0.2) is 16.1 Å². The number of halogens is 1. The van der Waals surface area contributed by atoms with E-state index < -0.39 is 21.4 Å². The van der Waals surface area contributed by atoms with Crippen LogP contribution < -0.4 is 0 Å². The molecule has 0 amide bonds. The van der Waals surface area contributed by atoms with E-state index in [1.54, 1.807) is 30.3 Å². The number of sulfone groups is 1. The average molecular weight is 319 g/mol. The van der Waals surface area contributed by atoms with E-state index in [1.165, 1.54) is 0 Å². The Kier molecular flexibility index (Phi) is 5.43. The molecule has 0 aromatic heterocycles.